The van der Waals surface area contributed by atoms with Crippen LogP contribution in [0.2, 0.25) is 0 Å². The van der Waals surface area contributed by atoms with E-state index in [9.17, 15) is 13.2 Å². The largest absolute Gasteiger partial charge is 0.496 e. The number of thiophene rings is 1. The fourth-order valence-electron chi connectivity index (χ4n) is 3.52. The summed E-state index contributed by atoms with van der Waals surface area (Å²) in [6.07, 6.45) is 0.553. The number of anilines is 1. The summed E-state index contributed by atoms with van der Waals surface area (Å²) >= 11 is 1.57. The van der Waals surface area contributed by atoms with Crippen LogP contribution in [0.1, 0.15) is 40.9 Å². The summed E-state index contributed by atoms with van der Waals surface area (Å²) in [7, 11) is -1.81. The molecule has 0 aliphatic carbocycles. The molecule has 7 nitrogen and oxygen atoms in total. The van der Waals surface area contributed by atoms with Gasteiger partial charge in [-0.25, -0.2) is 13.4 Å². The number of para-hydroxylation sites is 1. The van der Waals surface area contributed by atoms with Crippen LogP contribution >= 0.6 is 11.3 Å². The van der Waals surface area contributed by atoms with Crippen LogP contribution in [0.5, 0.6) is 5.75 Å². The number of hydrazone groups is 1. The van der Waals surface area contributed by atoms with Crippen molar-refractivity contribution < 1.29 is 17.9 Å². The van der Waals surface area contributed by atoms with E-state index in [0.717, 1.165) is 16.8 Å². The van der Waals surface area contributed by atoms with Crippen LogP contribution in [0.25, 0.3) is 0 Å². The molecule has 1 amide bonds. The average Bonchev–Trinajstić information content (AvgIpc) is 3.49. The molecule has 2 heterocycles. The normalized spacial score (nSPS) is 16.0. The number of ether oxygens (including phenoxy) is 1. The Balaban J connectivity index is 1.66. The molecule has 0 saturated carbocycles. The van der Waals surface area contributed by atoms with Crippen LogP contribution in [0, 0.1) is 0 Å². The predicted octanol–water partition coefficient (Wildman–Crippen LogP) is 4.51. The van der Waals surface area contributed by atoms with Gasteiger partial charge in [0, 0.05) is 12.1 Å². The zero-order valence-electron chi connectivity index (χ0n) is 17.7. The van der Waals surface area contributed by atoms with Crippen molar-refractivity contribution >= 4 is 38.7 Å². The summed E-state index contributed by atoms with van der Waals surface area (Å²) in [6, 6.07) is 15.9. The highest BCUT2D eigenvalue weighted by Gasteiger charge is 2.34. The lowest BCUT2D eigenvalue weighted by Crippen LogP contribution is -2.27. The Kier molecular flexibility index (Phi) is 6.29. The first-order valence-corrected chi connectivity index (χ1v) is 12.7. The molecule has 32 heavy (non-hydrogen) atoms. The minimum atomic E-state index is -3.34. The van der Waals surface area contributed by atoms with Crippen molar-refractivity contribution in [3.63, 3.8) is 0 Å². The third-order valence-corrected chi connectivity index (χ3v) is 7.26. The molecule has 0 saturated heterocycles. The number of amides is 1. The fourth-order valence-corrected chi connectivity index (χ4v) is 4.87. The number of methoxy groups -OCH3 is 1. The Hall–Kier alpha value is -3.17. The van der Waals surface area contributed by atoms with E-state index in [2.05, 4.69) is 9.82 Å². The smallest absolute Gasteiger partial charge is 0.278 e. The van der Waals surface area contributed by atoms with Gasteiger partial charge < -0.3 is 4.74 Å². The van der Waals surface area contributed by atoms with Crippen molar-refractivity contribution in [2.75, 3.05) is 17.6 Å². The summed E-state index contributed by atoms with van der Waals surface area (Å²) in [6.45, 7) is 1.59. The summed E-state index contributed by atoms with van der Waals surface area (Å²) in [5.41, 5.74) is 3.55. The monoisotopic (exact) mass is 469 g/mol. The first kappa shape index (κ1) is 22.0. The number of carbonyl (C=O) groups excluding carboxylic acids is 1. The van der Waals surface area contributed by atoms with Gasteiger partial charge in [-0.15, -0.1) is 0 Å². The van der Waals surface area contributed by atoms with Gasteiger partial charge in [0.1, 0.15) is 5.75 Å². The van der Waals surface area contributed by atoms with Crippen LogP contribution in [0.4, 0.5) is 5.69 Å². The second-order valence-electron chi connectivity index (χ2n) is 7.26. The highest BCUT2D eigenvalue weighted by Crippen LogP contribution is 2.36. The second-order valence-corrected chi connectivity index (χ2v) is 10.0. The molecule has 1 atom stereocenters. The number of benzene rings is 2. The lowest BCUT2D eigenvalue weighted by Gasteiger charge is -2.21. The van der Waals surface area contributed by atoms with Crippen molar-refractivity contribution in [2.45, 2.75) is 19.4 Å². The number of hydrogen-bond acceptors (Lipinski definition) is 6. The molecule has 166 valence electrons. The van der Waals surface area contributed by atoms with Gasteiger partial charge in [-0.3, -0.25) is 9.52 Å². The molecule has 1 aliphatic rings. The molecule has 0 radical (unpaired) electrons. The van der Waals surface area contributed by atoms with E-state index in [1.165, 1.54) is 12.1 Å². The van der Waals surface area contributed by atoms with Crippen molar-refractivity contribution in [3.8, 4) is 5.75 Å². The van der Waals surface area contributed by atoms with E-state index in [0.29, 0.717) is 23.4 Å². The number of nitrogens with zero attached hydrogens (tertiary/aromatic N) is 2. The number of hydrogen-bond donors (Lipinski definition) is 1. The Morgan fingerprint density at radius 2 is 1.94 bits per heavy atom. The summed E-state index contributed by atoms with van der Waals surface area (Å²) in [5.74, 6) is 0.267. The summed E-state index contributed by atoms with van der Waals surface area (Å²) in [4.78, 5) is 13.4. The third kappa shape index (κ3) is 4.53. The van der Waals surface area contributed by atoms with E-state index >= 15 is 0 Å². The molecular weight excluding hydrogens is 446 g/mol. The summed E-state index contributed by atoms with van der Waals surface area (Å²) in [5, 5.41) is 10.2. The van der Waals surface area contributed by atoms with Crippen molar-refractivity contribution in [3.05, 3.63) is 82.0 Å². The quantitative estimate of drug-likeness (QED) is 0.551. The minimum Gasteiger partial charge on any atom is -0.496 e. The number of sulfonamides is 1. The molecule has 4 rings (SSSR count). The highest BCUT2D eigenvalue weighted by atomic mass is 32.2. The van der Waals surface area contributed by atoms with E-state index in [1.807, 2.05) is 35.0 Å². The molecule has 2 aromatic carbocycles. The third-order valence-electron chi connectivity index (χ3n) is 5.26. The van der Waals surface area contributed by atoms with Gasteiger partial charge in [0.05, 0.1) is 30.2 Å². The molecule has 3 aromatic rings. The van der Waals surface area contributed by atoms with Crippen LogP contribution in [-0.2, 0) is 10.0 Å². The topological polar surface area (TPSA) is 88.1 Å². The van der Waals surface area contributed by atoms with E-state index < -0.39 is 10.0 Å². The maximum absolute atomic E-state index is 13.4. The van der Waals surface area contributed by atoms with Crippen molar-refractivity contribution in [1.82, 2.24) is 5.01 Å². The van der Waals surface area contributed by atoms with Gasteiger partial charge in [0.25, 0.3) is 5.91 Å². The lowest BCUT2D eigenvalue weighted by atomic mass is 10.00. The SMILES string of the molecule is CCS(=O)(=O)Nc1ccc(C2=NN(C(=O)c3ccccc3OC)[C@@H](c3ccsc3)C2)cc1. The standard InChI is InChI=1S/C23H23N3O4S2/c1-3-32(28,29)25-18-10-8-16(9-11-18)20-14-21(17-12-13-31-15-17)26(24-20)23(27)19-6-4-5-7-22(19)30-2/h4-13,15,21,25H,3,14H2,1-2H3/t21-/m1/s1. The summed E-state index contributed by atoms with van der Waals surface area (Å²) < 4.78 is 31.5. The van der Waals surface area contributed by atoms with Crippen LogP contribution in [0.3, 0.4) is 0 Å². The molecule has 1 aromatic heterocycles. The molecular formula is C23H23N3O4S2. The number of carbonyl (C=O) groups is 1. The van der Waals surface area contributed by atoms with Crippen LogP contribution in [-0.4, -0.2) is 37.9 Å². The molecule has 0 spiro atoms. The molecule has 0 bridgehead atoms. The first-order valence-electron chi connectivity index (χ1n) is 10.1. The number of rotatable bonds is 7. The van der Waals surface area contributed by atoms with Gasteiger partial charge in [-0.2, -0.15) is 16.4 Å². The molecule has 1 aliphatic heterocycles. The number of nitrogens with one attached hydrogen (secondary N) is 1. The van der Waals surface area contributed by atoms with Gasteiger partial charge in [-0.1, -0.05) is 24.3 Å². The zero-order valence-corrected chi connectivity index (χ0v) is 19.3. The molecule has 1 N–H and O–H groups in total. The van der Waals surface area contributed by atoms with Crippen LogP contribution in [0.15, 0.2) is 70.5 Å². The predicted molar refractivity (Wildman–Crippen MR) is 127 cm³/mol. The molecule has 0 unspecified atom stereocenters. The Labute approximate surface area is 191 Å². The maximum atomic E-state index is 13.4. The van der Waals surface area contributed by atoms with Gasteiger partial charge in [0.2, 0.25) is 10.0 Å². The zero-order chi connectivity index (χ0) is 22.7. The van der Waals surface area contributed by atoms with E-state index in [1.54, 1.807) is 48.6 Å². The maximum Gasteiger partial charge on any atom is 0.278 e. The first-order chi connectivity index (χ1) is 15.4. The lowest BCUT2D eigenvalue weighted by molar-refractivity contribution is 0.0708. The molecule has 0 fully saturated rings. The van der Waals surface area contributed by atoms with Gasteiger partial charge >= 0.3 is 0 Å². The van der Waals surface area contributed by atoms with E-state index in [-0.39, 0.29) is 17.7 Å². The van der Waals surface area contributed by atoms with Crippen LogP contribution < -0.4 is 9.46 Å². The minimum absolute atomic E-state index is 0.00377. The van der Waals surface area contributed by atoms with Crippen molar-refractivity contribution in [2.24, 2.45) is 5.10 Å². The van der Waals surface area contributed by atoms with Gasteiger partial charge in [-0.05, 0) is 59.1 Å². The fraction of sp³-hybridized carbons (Fsp3) is 0.217. The highest BCUT2D eigenvalue weighted by molar-refractivity contribution is 7.92. The van der Waals surface area contributed by atoms with E-state index in [4.69, 9.17) is 4.74 Å². The molecule has 9 heteroatoms. The second kappa shape index (κ2) is 9.13. The average molecular weight is 470 g/mol. The Morgan fingerprint density at radius 3 is 2.59 bits per heavy atom. The Bertz CT molecular complexity index is 1240. The van der Waals surface area contributed by atoms with Gasteiger partial charge in [0.15, 0.2) is 0 Å². The Morgan fingerprint density at radius 1 is 1.19 bits per heavy atom. The van der Waals surface area contributed by atoms with Crippen molar-refractivity contribution in [1.29, 1.82) is 0 Å².